The van der Waals surface area contributed by atoms with E-state index in [9.17, 15) is 9.90 Å². The minimum atomic E-state index is -0.120. The molecule has 1 unspecified atom stereocenters. The van der Waals surface area contributed by atoms with Crippen LogP contribution in [0.5, 0.6) is 0 Å². The molecule has 0 saturated heterocycles. The highest BCUT2D eigenvalue weighted by atomic mass is 16.3. The summed E-state index contributed by atoms with van der Waals surface area (Å²) in [6.07, 6.45) is 4.07. The van der Waals surface area contributed by atoms with E-state index in [0.717, 1.165) is 25.0 Å². The van der Waals surface area contributed by atoms with Gasteiger partial charge >= 0.3 is 0 Å². The van der Waals surface area contributed by atoms with E-state index in [-0.39, 0.29) is 23.0 Å². The number of nitrogens with zero attached hydrogens (tertiary/aromatic N) is 1. The molecule has 94 valence electrons. The third-order valence-electron chi connectivity index (χ3n) is 3.55. The summed E-state index contributed by atoms with van der Waals surface area (Å²) in [6, 6.07) is 0.279. The number of aliphatic hydroxyl groups is 1. The van der Waals surface area contributed by atoms with Gasteiger partial charge in [0.15, 0.2) is 5.78 Å². The molecule has 0 aromatic rings. The third-order valence-corrected chi connectivity index (χ3v) is 3.55. The molecular weight excluding hydrogens is 214 g/mol. The van der Waals surface area contributed by atoms with Crippen molar-refractivity contribution in [1.29, 1.82) is 0 Å². The number of carbonyl (C=O) groups is 1. The van der Waals surface area contributed by atoms with Gasteiger partial charge in [-0.05, 0) is 31.6 Å². The number of carbonyl (C=O) groups excluding carboxylic acids is 1. The average molecular weight is 235 g/mol. The summed E-state index contributed by atoms with van der Waals surface area (Å²) >= 11 is 0. The van der Waals surface area contributed by atoms with E-state index in [4.69, 9.17) is 0 Å². The van der Waals surface area contributed by atoms with Crippen molar-refractivity contribution in [2.24, 2.45) is 10.4 Å². The fraction of sp³-hybridized carbons (Fsp3) is 0.714. The lowest BCUT2D eigenvalue weighted by Gasteiger charge is -2.31. The van der Waals surface area contributed by atoms with Gasteiger partial charge in [0.2, 0.25) is 0 Å². The first-order valence-corrected chi connectivity index (χ1v) is 6.41. The molecule has 1 atom stereocenters. The minimum absolute atomic E-state index is 0.0617. The number of rotatable bonds is 1. The molecule has 2 rings (SSSR count). The van der Waals surface area contributed by atoms with Crippen LogP contribution >= 0.6 is 0 Å². The normalized spacial score (nSPS) is 29.2. The van der Waals surface area contributed by atoms with Gasteiger partial charge in [0.05, 0.1) is 5.57 Å². The van der Waals surface area contributed by atoms with Gasteiger partial charge in [0.25, 0.3) is 0 Å². The summed E-state index contributed by atoms with van der Waals surface area (Å²) in [6.45, 7) is 6.10. The molecule has 3 nitrogen and oxygen atoms in total. The average Bonchev–Trinajstić information content (AvgIpc) is 2.13. The molecule has 1 aliphatic carbocycles. The van der Waals surface area contributed by atoms with Gasteiger partial charge in [-0.15, -0.1) is 0 Å². The molecule has 2 aliphatic rings. The number of Topliss-reactive ketones (excluding diaryl/α,β-unsaturated/α-hetero) is 1. The number of aliphatic imine (C=N–C) groups is 1. The van der Waals surface area contributed by atoms with Crippen molar-refractivity contribution in [1.82, 2.24) is 0 Å². The number of hydrogen-bond donors (Lipinski definition) is 1. The Morgan fingerprint density at radius 2 is 2.06 bits per heavy atom. The summed E-state index contributed by atoms with van der Waals surface area (Å²) in [5, 5.41) is 10.1. The molecule has 17 heavy (non-hydrogen) atoms. The fourth-order valence-corrected chi connectivity index (χ4v) is 2.77. The molecule has 3 heteroatoms. The van der Waals surface area contributed by atoms with Gasteiger partial charge in [-0.25, -0.2) is 0 Å². The molecular formula is C14H21NO2. The van der Waals surface area contributed by atoms with Crippen LogP contribution in [0.15, 0.2) is 16.3 Å². The fourth-order valence-electron chi connectivity index (χ4n) is 2.77. The van der Waals surface area contributed by atoms with Crippen LogP contribution in [0.25, 0.3) is 0 Å². The summed E-state index contributed by atoms with van der Waals surface area (Å²) < 4.78 is 0. The van der Waals surface area contributed by atoms with Gasteiger partial charge in [-0.2, -0.15) is 0 Å². The van der Waals surface area contributed by atoms with Crippen molar-refractivity contribution in [3.05, 3.63) is 11.3 Å². The Hall–Kier alpha value is -1.12. The highest BCUT2D eigenvalue weighted by Gasteiger charge is 2.35. The Labute approximate surface area is 103 Å². The van der Waals surface area contributed by atoms with Gasteiger partial charge in [-0.3, -0.25) is 9.79 Å². The van der Waals surface area contributed by atoms with E-state index in [2.05, 4.69) is 11.9 Å². The largest absolute Gasteiger partial charge is 0.511 e. The van der Waals surface area contributed by atoms with E-state index < -0.39 is 0 Å². The first kappa shape index (κ1) is 12.3. The lowest BCUT2D eigenvalue weighted by atomic mass is 9.75. The van der Waals surface area contributed by atoms with E-state index >= 15 is 0 Å². The first-order valence-electron chi connectivity index (χ1n) is 6.41. The minimum Gasteiger partial charge on any atom is -0.511 e. The summed E-state index contributed by atoms with van der Waals surface area (Å²) in [5.41, 5.74) is 1.24. The van der Waals surface area contributed by atoms with E-state index in [1.807, 2.05) is 13.8 Å². The van der Waals surface area contributed by atoms with Crippen LogP contribution < -0.4 is 0 Å². The first-order chi connectivity index (χ1) is 7.89. The van der Waals surface area contributed by atoms with Crippen molar-refractivity contribution in [3.8, 4) is 0 Å². The van der Waals surface area contributed by atoms with Crippen molar-refractivity contribution >= 4 is 11.5 Å². The van der Waals surface area contributed by atoms with Gasteiger partial charge in [-0.1, -0.05) is 13.8 Å². The van der Waals surface area contributed by atoms with E-state index in [1.165, 1.54) is 0 Å². The Morgan fingerprint density at radius 3 is 2.65 bits per heavy atom. The molecule has 0 spiro atoms. The Kier molecular flexibility index (Phi) is 3.11. The van der Waals surface area contributed by atoms with E-state index in [1.54, 1.807) is 0 Å². The zero-order valence-electron chi connectivity index (χ0n) is 10.9. The zero-order valence-corrected chi connectivity index (χ0v) is 10.9. The van der Waals surface area contributed by atoms with Crippen LogP contribution in [0.1, 0.15) is 52.9 Å². The second kappa shape index (κ2) is 4.28. The van der Waals surface area contributed by atoms with Crippen molar-refractivity contribution in [2.75, 3.05) is 0 Å². The Bertz CT molecular complexity index is 404. The molecule has 0 aromatic heterocycles. The Morgan fingerprint density at radius 1 is 1.35 bits per heavy atom. The lowest BCUT2D eigenvalue weighted by Crippen LogP contribution is -2.30. The lowest BCUT2D eigenvalue weighted by molar-refractivity contribution is -0.117. The van der Waals surface area contributed by atoms with Crippen LogP contribution in [-0.2, 0) is 4.79 Å². The molecule has 0 bridgehead atoms. The number of ketones is 1. The van der Waals surface area contributed by atoms with Crippen LogP contribution in [-0.4, -0.2) is 22.6 Å². The maximum Gasteiger partial charge on any atom is 0.168 e. The van der Waals surface area contributed by atoms with Crippen LogP contribution in [0.3, 0.4) is 0 Å². The number of aliphatic hydroxyl groups excluding tert-OH is 1. The maximum absolute atomic E-state index is 12.1. The van der Waals surface area contributed by atoms with Crippen LogP contribution in [0.4, 0.5) is 0 Å². The maximum atomic E-state index is 12.1. The summed E-state index contributed by atoms with van der Waals surface area (Å²) in [4.78, 5) is 16.7. The quantitative estimate of drug-likeness (QED) is 0.758. The zero-order chi connectivity index (χ0) is 12.6. The third kappa shape index (κ3) is 2.59. The van der Waals surface area contributed by atoms with Gasteiger partial charge in [0, 0.05) is 24.6 Å². The monoisotopic (exact) mass is 235 g/mol. The number of allylic oxidation sites excluding steroid dienone is 2. The predicted octanol–water partition coefficient (Wildman–Crippen LogP) is 3.20. The Balaban J connectivity index is 2.34. The highest BCUT2D eigenvalue weighted by Crippen LogP contribution is 2.37. The van der Waals surface area contributed by atoms with Gasteiger partial charge < -0.3 is 5.11 Å². The second-order valence-corrected chi connectivity index (χ2v) is 6.08. The molecule has 1 N–H and O–H groups in total. The molecule has 1 heterocycles. The van der Waals surface area contributed by atoms with E-state index in [0.29, 0.717) is 18.4 Å². The summed E-state index contributed by atoms with van der Waals surface area (Å²) in [7, 11) is 0. The molecule has 1 aliphatic heterocycles. The SMILES string of the molecule is CC1CCCC(C2=C(O)CC(C)(C)CC2=O)=N1. The van der Waals surface area contributed by atoms with Crippen molar-refractivity contribution < 1.29 is 9.90 Å². The molecule has 0 amide bonds. The topological polar surface area (TPSA) is 49.7 Å². The van der Waals surface area contributed by atoms with Crippen LogP contribution in [0, 0.1) is 5.41 Å². The standard InChI is InChI=1S/C14H21NO2/c1-9-5-4-6-10(15-9)13-11(16)7-14(2,3)8-12(13)17/h9,16H,4-8H2,1-3H3. The van der Waals surface area contributed by atoms with Crippen molar-refractivity contribution in [2.45, 2.75) is 58.9 Å². The highest BCUT2D eigenvalue weighted by molar-refractivity contribution is 6.23. The predicted molar refractivity (Wildman–Crippen MR) is 68.4 cm³/mol. The molecule has 0 aromatic carbocycles. The van der Waals surface area contributed by atoms with Crippen molar-refractivity contribution in [3.63, 3.8) is 0 Å². The van der Waals surface area contributed by atoms with Gasteiger partial charge in [0.1, 0.15) is 5.76 Å². The summed E-state index contributed by atoms with van der Waals surface area (Å²) in [5.74, 6) is 0.311. The second-order valence-electron chi connectivity index (χ2n) is 6.08. The molecule has 0 radical (unpaired) electrons. The van der Waals surface area contributed by atoms with Crippen LogP contribution in [0.2, 0.25) is 0 Å². The smallest absolute Gasteiger partial charge is 0.168 e. The molecule has 0 saturated carbocycles. The molecule has 0 fully saturated rings. The number of hydrogen-bond acceptors (Lipinski definition) is 3.